The summed E-state index contributed by atoms with van der Waals surface area (Å²) >= 11 is 0. The van der Waals surface area contributed by atoms with Crippen LogP contribution in [0.3, 0.4) is 0 Å². The van der Waals surface area contributed by atoms with E-state index in [1.165, 1.54) is 30.4 Å². The summed E-state index contributed by atoms with van der Waals surface area (Å²) in [5.74, 6) is -4.18. The van der Waals surface area contributed by atoms with Crippen molar-refractivity contribution in [2.75, 3.05) is 20.3 Å². The first-order valence-corrected chi connectivity index (χ1v) is 12.2. The van der Waals surface area contributed by atoms with Crippen LogP contribution < -0.4 is 0 Å². The summed E-state index contributed by atoms with van der Waals surface area (Å²) in [6.45, 7) is -1.06. The molecule has 14 nitrogen and oxygen atoms in total. The number of benzene rings is 1. The maximum atomic E-state index is 12.4. The molecular weight excluding hydrogens is 536 g/mol. The molecule has 40 heavy (non-hydrogen) atoms. The molecular formula is C26H30O14. The Kier molecular flexibility index (Phi) is 9.10. The van der Waals surface area contributed by atoms with Gasteiger partial charge in [-0.2, -0.15) is 0 Å². The van der Waals surface area contributed by atoms with Crippen LogP contribution in [0.4, 0.5) is 0 Å². The number of hydrogen-bond donors (Lipinski definition) is 7. The second-order valence-corrected chi connectivity index (χ2v) is 9.38. The number of aliphatic hydroxyl groups excluding tert-OH is 5. The molecule has 0 saturated carbocycles. The monoisotopic (exact) mass is 566 g/mol. The van der Waals surface area contributed by atoms with Gasteiger partial charge < -0.3 is 59.4 Å². The van der Waals surface area contributed by atoms with Crippen LogP contribution in [-0.4, -0.2) is 111 Å². The first-order chi connectivity index (χ1) is 19.0. The predicted molar refractivity (Wildman–Crippen MR) is 131 cm³/mol. The van der Waals surface area contributed by atoms with Crippen LogP contribution >= 0.6 is 0 Å². The van der Waals surface area contributed by atoms with Crippen molar-refractivity contribution in [1.29, 1.82) is 0 Å². The van der Waals surface area contributed by atoms with Crippen LogP contribution in [0.2, 0.25) is 0 Å². The van der Waals surface area contributed by atoms with Gasteiger partial charge in [-0.05, 0) is 29.3 Å². The van der Waals surface area contributed by atoms with Crippen molar-refractivity contribution in [3.05, 3.63) is 53.3 Å². The largest absolute Gasteiger partial charge is 0.504 e. The molecule has 3 aliphatic rings. The number of phenols is 2. The maximum Gasteiger partial charge on any atom is 0.337 e. The van der Waals surface area contributed by atoms with Crippen molar-refractivity contribution in [2.24, 2.45) is 11.8 Å². The first kappa shape index (κ1) is 29.5. The topological polar surface area (TPSA) is 222 Å². The van der Waals surface area contributed by atoms with E-state index in [9.17, 15) is 45.3 Å². The number of esters is 2. The molecule has 2 heterocycles. The number of methoxy groups -OCH3 is 1. The number of aliphatic hydroxyl groups is 5. The second-order valence-electron chi connectivity index (χ2n) is 9.38. The van der Waals surface area contributed by atoms with Gasteiger partial charge in [0.25, 0.3) is 0 Å². The zero-order valence-electron chi connectivity index (χ0n) is 21.1. The molecule has 1 aromatic rings. The van der Waals surface area contributed by atoms with E-state index in [0.29, 0.717) is 11.1 Å². The second kappa shape index (κ2) is 12.3. The van der Waals surface area contributed by atoms with Crippen molar-refractivity contribution < 1.29 is 69.0 Å². The van der Waals surface area contributed by atoms with Gasteiger partial charge in [0.2, 0.25) is 6.29 Å². The SMILES string of the molecule is COC(=O)C1=CO[C@@H](O[C@@H]2O[C@H](CO)[C@@H](O)[C@H](O)[C@H]2O)[C@@H]2C(COC(=O)C=Cc3ccc(O)c(O)c3)=C[C@H](O)[C@H]12. The van der Waals surface area contributed by atoms with E-state index < -0.39 is 73.5 Å². The molecule has 218 valence electrons. The molecule has 7 N–H and O–H groups in total. The summed E-state index contributed by atoms with van der Waals surface area (Å²) in [5.41, 5.74) is 0.674. The minimum Gasteiger partial charge on any atom is -0.504 e. The van der Waals surface area contributed by atoms with Crippen molar-refractivity contribution in [1.82, 2.24) is 0 Å². The van der Waals surface area contributed by atoms with Crippen molar-refractivity contribution >= 4 is 18.0 Å². The average Bonchev–Trinajstić information content (AvgIpc) is 3.28. The zero-order chi connectivity index (χ0) is 29.1. The van der Waals surface area contributed by atoms with Crippen LogP contribution in [0.1, 0.15) is 5.56 Å². The van der Waals surface area contributed by atoms with E-state index in [1.807, 2.05) is 0 Å². The molecule has 9 atom stereocenters. The normalized spacial score (nSPS) is 33.5. The molecule has 0 bridgehead atoms. The first-order valence-electron chi connectivity index (χ1n) is 12.2. The Morgan fingerprint density at radius 3 is 2.42 bits per heavy atom. The highest BCUT2D eigenvalue weighted by atomic mass is 16.8. The number of aromatic hydroxyl groups is 2. The summed E-state index contributed by atoms with van der Waals surface area (Å²) in [5, 5.41) is 69.8. The Bertz CT molecular complexity index is 1190. The van der Waals surface area contributed by atoms with Crippen LogP contribution in [0.25, 0.3) is 6.08 Å². The minimum absolute atomic E-state index is 0.0294. The lowest BCUT2D eigenvalue weighted by molar-refractivity contribution is -0.340. The fourth-order valence-corrected chi connectivity index (χ4v) is 4.79. The quantitative estimate of drug-likeness (QED) is 0.0817. The third-order valence-electron chi connectivity index (χ3n) is 6.88. The standard InChI is InChI=1S/C26H30O14/c1-36-24(35)13-10-38-25(40-26-23(34)22(33)21(32)17(8-27)39-26)19-12(7-16(30)20(13)19)9-37-18(31)5-3-11-2-4-14(28)15(29)6-11/h2-7,10,16-17,19-23,25-30,32-34H,8-9H2,1H3/t16-,17+,19+,20-,21+,22-,23+,25-,26-/m0/s1. The number of hydrogen-bond acceptors (Lipinski definition) is 14. The minimum atomic E-state index is -1.74. The van der Waals surface area contributed by atoms with Gasteiger partial charge in [0.05, 0.1) is 37.6 Å². The van der Waals surface area contributed by atoms with Gasteiger partial charge in [0, 0.05) is 12.0 Å². The van der Waals surface area contributed by atoms with E-state index in [1.54, 1.807) is 0 Å². The zero-order valence-corrected chi connectivity index (χ0v) is 21.1. The fourth-order valence-electron chi connectivity index (χ4n) is 4.79. The Morgan fingerprint density at radius 1 is 1.00 bits per heavy atom. The van der Waals surface area contributed by atoms with Crippen molar-refractivity contribution in [3.8, 4) is 11.5 Å². The fraction of sp³-hybridized carbons (Fsp3) is 0.462. The number of fused-ring (bicyclic) bond motifs is 1. The highest BCUT2D eigenvalue weighted by Crippen LogP contribution is 2.45. The van der Waals surface area contributed by atoms with Crippen molar-refractivity contribution in [2.45, 2.75) is 43.1 Å². The van der Waals surface area contributed by atoms with Gasteiger partial charge in [0.15, 0.2) is 17.8 Å². The number of carbonyl (C=O) groups is 2. The highest BCUT2D eigenvalue weighted by molar-refractivity contribution is 5.89. The Morgan fingerprint density at radius 2 is 1.75 bits per heavy atom. The molecule has 1 fully saturated rings. The van der Waals surface area contributed by atoms with Crippen LogP contribution in [-0.2, 0) is 33.3 Å². The predicted octanol–water partition coefficient (Wildman–Crippen LogP) is -1.58. The maximum absolute atomic E-state index is 12.4. The average molecular weight is 567 g/mol. The Labute approximate surface area is 227 Å². The van der Waals surface area contributed by atoms with Crippen LogP contribution in [0.5, 0.6) is 11.5 Å². The van der Waals surface area contributed by atoms with Crippen molar-refractivity contribution in [3.63, 3.8) is 0 Å². The molecule has 2 aliphatic heterocycles. The molecule has 14 heteroatoms. The molecule has 0 spiro atoms. The Balaban J connectivity index is 1.51. The third kappa shape index (κ3) is 5.97. The summed E-state index contributed by atoms with van der Waals surface area (Å²) in [4.78, 5) is 24.8. The van der Waals surface area contributed by atoms with Crippen LogP contribution in [0, 0.1) is 11.8 Å². The van der Waals surface area contributed by atoms with E-state index in [-0.39, 0.29) is 23.7 Å². The Hall–Kier alpha value is -3.50. The number of ether oxygens (including phenoxy) is 5. The van der Waals surface area contributed by atoms with E-state index in [2.05, 4.69) is 0 Å². The molecule has 0 amide bonds. The molecule has 0 unspecified atom stereocenters. The van der Waals surface area contributed by atoms with E-state index in [4.69, 9.17) is 23.7 Å². The molecule has 0 aromatic heterocycles. The number of rotatable bonds is 8. The van der Waals surface area contributed by atoms with Gasteiger partial charge in [-0.3, -0.25) is 0 Å². The molecule has 4 rings (SSSR count). The molecule has 1 aromatic carbocycles. The molecule has 1 aliphatic carbocycles. The molecule has 1 saturated heterocycles. The van der Waals surface area contributed by atoms with Gasteiger partial charge in [0.1, 0.15) is 31.0 Å². The highest BCUT2D eigenvalue weighted by Gasteiger charge is 2.52. The number of phenolic OH excluding ortho intramolecular Hbond substituents is 2. The third-order valence-corrected chi connectivity index (χ3v) is 6.88. The summed E-state index contributed by atoms with van der Waals surface area (Å²) in [7, 11) is 1.15. The van der Waals surface area contributed by atoms with Gasteiger partial charge in [-0.25, -0.2) is 9.59 Å². The lowest BCUT2D eigenvalue weighted by Gasteiger charge is -2.43. The summed E-state index contributed by atoms with van der Waals surface area (Å²) in [6, 6.07) is 3.94. The lowest BCUT2D eigenvalue weighted by Crippen LogP contribution is -2.60. The van der Waals surface area contributed by atoms with E-state index in [0.717, 1.165) is 19.4 Å². The van der Waals surface area contributed by atoms with E-state index >= 15 is 0 Å². The molecule has 0 radical (unpaired) electrons. The van der Waals surface area contributed by atoms with Gasteiger partial charge in [-0.1, -0.05) is 12.1 Å². The van der Waals surface area contributed by atoms with Gasteiger partial charge in [-0.15, -0.1) is 0 Å². The lowest BCUT2D eigenvalue weighted by atomic mass is 9.82. The van der Waals surface area contributed by atoms with Gasteiger partial charge >= 0.3 is 11.9 Å². The summed E-state index contributed by atoms with van der Waals surface area (Å²) in [6.07, 6.45) is -5.69. The number of carbonyl (C=O) groups excluding carboxylic acids is 2. The smallest absolute Gasteiger partial charge is 0.337 e. The summed E-state index contributed by atoms with van der Waals surface area (Å²) < 4.78 is 26.8. The van der Waals surface area contributed by atoms with Crippen LogP contribution in [0.15, 0.2) is 47.8 Å².